The summed E-state index contributed by atoms with van der Waals surface area (Å²) in [6.45, 7) is 2.95. The second-order valence-corrected chi connectivity index (χ2v) is 7.41. The van der Waals surface area contributed by atoms with Crippen LogP contribution in [0.15, 0.2) is 84.9 Å². The van der Waals surface area contributed by atoms with Crippen molar-refractivity contribution in [2.75, 3.05) is 12.4 Å². The van der Waals surface area contributed by atoms with E-state index < -0.39 is 0 Å². The maximum absolute atomic E-state index is 12.8. The third-order valence-electron chi connectivity index (χ3n) is 5.05. The van der Waals surface area contributed by atoms with E-state index in [1.165, 1.54) is 0 Å². The minimum absolute atomic E-state index is 0.214. The van der Waals surface area contributed by atoms with Crippen LogP contribution in [0.1, 0.15) is 27.2 Å². The number of carbonyl (C=O) groups excluding carboxylic acids is 1. The molecule has 1 N–H and O–H groups in total. The number of para-hydroxylation sites is 2. The molecule has 0 bridgehead atoms. The van der Waals surface area contributed by atoms with Gasteiger partial charge in [-0.3, -0.25) is 9.48 Å². The molecule has 0 saturated heterocycles. The Kier molecular flexibility index (Phi) is 6.51. The summed E-state index contributed by atoms with van der Waals surface area (Å²) in [5.74, 6) is 1.64. The zero-order valence-corrected chi connectivity index (χ0v) is 18.1. The summed E-state index contributed by atoms with van der Waals surface area (Å²) in [5, 5.41) is 7.43. The Morgan fingerprint density at radius 2 is 1.62 bits per heavy atom. The molecule has 32 heavy (non-hydrogen) atoms. The molecule has 162 valence electrons. The lowest BCUT2D eigenvalue weighted by Crippen LogP contribution is -2.13. The van der Waals surface area contributed by atoms with Crippen LogP contribution in [0, 0.1) is 6.92 Å². The highest BCUT2D eigenvalue weighted by Gasteiger charge is 2.11. The number of hydrogen-bond acceptors (Lipinski definition) is 4. The quantitative estimate of drug-likeness (QED) is 0.426. The summed E-state index contributed by atoms with van der Waals surface area (Å²) in [6, 6.07) is 26.8. The Hall–Kier alpha value is -4.06. The largest absolute Gasteiger partial charge is 0.493 e. The Balaban J connectivity index is 1.41. The monoisotopic (exact) mass is 427 g/mol. The van der Waals surface area contributed by atoms with Crippen molar-refractivity contribution in [1.82, 2.24) is 9.78 Å². The van der Waals surface area contributed by atoms with Gasteiger partial charge in [0.05, 0.1) is 13.7 Å². The number of benzene rings is 3. The van der Waals surface area contributed by atoms with Gasteiger partial charge in [0.1, 0.15) is 6.61 Å². The predicted octanol–water partition coefficient (Wildman–Crippen LogP) is 5.08. The maximum Gasteiger partial charge on any atom is 0.256 e. The normalized spacial score (nSPS) is 10.6. The third-order valence-corrected chi connectivity index (χ3v) is 5.05. The van der Waals surface area contributed by atoms with Gasteiger partial charge in [-0.05, 0) is 42.3 Å². The maximum atomic E-state index is 12.8. The van der Waals surface area contributed by atoms with Crippen LogP contribution < -0.4 is 14.8 Å². The van der Waals surface area contributed by atoms with Crippen molar-refractivity contribution in [1.29, 1.82) is 0 Å². The molecule has 1 aromatic heterocycles. The first-order valence-corrected chi connectivity index (χ1v) is 10.4. The number of aryl methyl sites for hydroxylation is 1. The zero-order valence-electron chi connectivity index (χ0n) is 18.1. The van der Waals surface area contributed by atoms with Gasteiger partial charge in [0.15, 0.2) is 17.3 Å². The van der Waals surface area contributed by atoms with Crippen molar-refractivity contribution < 1.29 is 14.3 Å². The van der Waals surface area contributed by atoms with E-state index in [-0.39, 0.29) is 5.91 Å². The van der Waals surface area contributed by atoms with Crippen molar-refractivity contribution in [2.24, 2.45) is 0 Å². The van der Waals surface area contributed by atoms with Gasteiger partial charge in [0, 0.05) is 17.3 Å². The number of nitrogens with one attached hydrogen (secondary N) is 1. The van der Waals surface area contributed by atoms with Crippen molar-refractivity contribution in [3.63, 3.8) is 0 Å². The number of nitrogens with zero attached hydrogens (tertiary/aromatic N) is 2. The molecule has 0 saturated carbocycles. The molecule has 6 nitrogen and oxygen atoms in total. The van der Waals surface area contributed by atoms with Crippen LogP contribution >= 0.6 is 0 Å². The van der Waals surface area contributed by atoms with Gasteiger partial charge in [-0.15, -0.1) is 0 Å². The lowest BCUT2D eigenvalue weighted by Gasteiger charge is -2.11. The molecule has 0 aliphatic rings. The smallest absolute Gasteiger partial charge is 0.256 e. The van der Waals surface area contributed by atoms with Crippen molar-refractivity contribution in [3.05, 3.63) is 107 Å². The molecule has 6 heteroatoms. The summed E-state index contributed by atoms with van der Waals surface area (Å²) < 4.78 is 13.1. The lowest BCUT2D eigenvalue weighted by atomic mass is 10.1. The van der Waals surface area contributed by atoms with Crippen LogP contribution in [-0.4, -0.2) is 22.8 Å². The van der Waals surface area contributed by atoms with E-state index in [2.05, 4.69) is 22.5 Å². The summed E-state index contributed by atoms with van der Waals surface area (Å²) in [7, 11) is 1.61. The number of hydrogen-bond donors (Lipinski definition) is 1. The average molecular weight is 428 g/mol. The second kappa shape index (κ2) is 9.83. The van der Waals surface area contributed by atoms with E-state index in [4.69, 9.17) is 9.47 Å². The molecule has 1 heterocycles. The highest BCUT2D eigenvalue weighted by Crippen LogP contribution is 2.26. The average Bonchev–Trinajstić information content (AvgIpc) is 3.17. The molecule has 3 aromatic carbocycles. The Labute approximate surface area is 187 Å². The number of anilines is 1. The predicted molar refractivity (Wildman–Crippen MR) is 124 cm³/mol. The molecule has 0 spiro atoms. The fourth-order valence-corrected chi connectivity index (χ4v) is 3.38. The van der Waals surface area contributed by atoms with Crippen molar-refractivity contribution in [3.8, 4) is 11.5 Å². The highest BCUT2D eigenvalue weighted by atomic mass is 16.5. The van der Waals surface area contributed by atoms with Crippen LogP contribution in [0.25, 0.3) is 0 Å². The SMILES string of the molecule is COc1ccccc1OCc1cccc(C(=O)Nc2cc(C)n(Cc3ccccc3)n2)c1. The first-order chi connectivity index (χ1) is 15.6. The van der Waals surface area contributed by atoms with E-state index in [1.807, 2.05) is 78.3 Å². The number of ether oxygens (including phenoxy) is 2. The molecule has 4 rings (SSSR count). The molecular weight excluding hydrogens is 402 g/mol. The van der Waals surface area contributed by atoms with Crippen LogP contribution in [0.3, 0.4) is 0 Å². The Morgan fingerprint density at radius 3 is 2.41 bits per heavy atom. The van der Waals surface area contributed by atoms with E-state index in [9.17, 15) is 4.79 Å². The molecule has 0 aliphatic heterocycles. The van der Waals surface area contributed by atoms with Gasteiger partial charge in [-0.25, -0.2) is 0 Å². The number of carbonyl (C=O) groups is 1. The summed E-state index contributed by atoms with van der Waals surface area (Å²) in [6.07, 6.45) is 0. The van der Waals surface area contributed by atoms with Gasteiger partial charge in [-0.1, -0.05) is 54.6 Å². The molecule has 0 unspecified atom stereocenters. The molecule has 0 atom stereocenters. The first kappa shape index (κ1) is 21.2. The fraction of sp³-hybridized carbons (Fsp3) is 0.154. The van der Waals surface area contributed by atoms with E-state index >= 15 is 0 Å². The van der Waals surface area contributed by atoms with Crippen molar-refractivity contribution in [2.45, 2.75) is 20.1 Å². The van der Waals surface area contributed by atoms with Gasteiger partial charge in [0.25, 0.3) is 5.91 Å². The topological polar surface area (TPSA) is 65.4 Å². The summed E-state index contributed by atoms with van der Waals surface area (Å²) >= 11 is 0. The Morgan fingerprint density at radius 1 is 0.906 bits per heavy atom. The van der Waals surface area contributed by atoms with Crippen molar-refractivity contribution >= 4 is 11.7 Å². The highest BCUT2D eigenvalue weighted by molar-refractivity contribution is 6.03. The molecule has 4 aromatic rings. The standard InChI is InChI=1S/C26H25N3O3/c1-19-15-25(28-29(19)17-20-9-4-3-5-10-20)27-26(30)22-12-8-11-21(16-22)18-32-24-14-7-6-13-23(24)31-2/h3-16H,17-18H2,1-2H3,(H,27,28,30). The molecule has 0 radical (unpaired) electrons. The number of rotatable bonds is 8. The molecule has 0 aliphatic carbocycles. The van der Waals surface area contributed by atoms with E-state index in [1.54, 1.807) is 13.2 Å². The summed E-state index contributed by atoms with van der Waals surface area (Å²) in [4.78, 5) is 12.8. The van der Waals surface area contributed by atoms with E-state index in [0.717, 1.165) is 16.8 Å². The number of amides is 1. The summed E-state index contributed by atoms with van der Waals surface area (Å²) in [5.41, 5.74) is 3.55. The van der Waals surface area contributed by atoms with Crippen LogP contribution in [-0.2, 0) is 13.2 Å². The number of aromatic nitrogens is 2. The molecular formula is C26H25N3O3. The Bertz CT molecular complexity index is 1200. The second-order valence-electron chi connectivity index (χ2n) is 7.41. The van der Waals surface area contributed by atoms with Gasteiger partial charge < -0.3 is 14.8 Å². The zero-order chi connectivity index (χ0) is 22.3. The first-order valence-electron chi connectivity index (χ1n) is 10.4. The number of methoxy groups -OCH3 is 1. The molecule has 1 amide bonds. The van der Waals surface area contributed by atoms with Gasteiger partial charge in [0.2, 0.25) is 0 Å². The fourth-order valence-electron chi connectivity index (χ4n) is 3.38. The minimum Gasteiger partial charge on any atom is -0.493 e. The third kappa shape index (κ3) is 5.16. The van der Waals surface area contributed by atoms with E-state index in [0.29, 0.717) is 36.0 Å². The lowest BCUT2D eigenvalue weighted by molar-refractivity contribution is 0.102. The van der Waals surface area contributed by atoms with Gasteiger partial charge >= 0.3 is 0 Å². The van der Waals surface area contributed by atoms with Crippen LogP contribution in [0.5, 0.6) is 11.5 Å². The van der Waals surface area contributed by atoms with Crippen LogP contribution in [0.2, 0.25) is 0 Å². The van der Waals surface area contributed by atoms with Crippen LogP contribution in [0.4, 0.5) is 5.82 Å². The minimum atomic E-state index is -0.214. The van der Waals surface area contributed by atoms with Gasteiger partial charge in [-0.2, -0.15) is 5.10 Å². The molecule has 0 fully saturated rings.